The molecule has 3 N–H and O–H groups in total. The van der Waals surface area contributed by atoms with E-state index in [0.717, 1.165) is 24.0 Å². The molecule has 4 rings (SSSR count). The monoisotopic (exact) mass is 504 g/mol. The van der Waals surface area contributed by atoms with Crippen LogP contribution in [0.15, 0.2) is 72.3 Å². The number of aliphatic carboxylic acids is 1. The minimum Gasteiger partial charge on any atom is -0.480 e. The molecule has 2 aromatic carbocycles. The number of amides is 2. The summed E-state index contributed by atoms with van der Waals surface area (Å²) in [6, 6.07) is 16.4. The van der Waals surface area contributed by atoms with Crippen molar-refractivity contribution in [2.24, 2.45) is 0 Å². The number of ether oxygens (including phenoxy) is 2. The van der Waals surface area contributed by atoms with Crippen molar-refractivity contribution < 1.29 is 29.0 Å². The van der Waals surface area contributed by atoms with Crippen LogP contribution in [0.3, 0.4) is 0 Å². The second-order valence-corrected chi connectivity index (χ2v) is 9.14. The zero-order valence-corrected chi connectivity index (χ0v) is 20.7. The highest BCUT2D eigenvalue weighted by Gasteiger charge is 2.32. The molecule has 2 amide bonds. The minimum atomic E-state index is -1.12. The molecule has 2 aliphatic rings. The Morgan fingerprint density at radius 3 is 2.57 bits per heavy atom. The van der Waals surface area contributed by atoms with Gasteiger partial charge in [0.15, 0.2) is 0 Å². The van der Waals surface area contributed by atoms with E-state index in [4.69, 9.17) is 9.47 Å². The first-order valence-corrected chi connectivity index (χ1v) is 12.6. The van der Waals surface area contributed by atoms with Gasteiger partial charge in [-0.25, -0.2) is 14.4 Å². The quantitative estimate of drug-likeness (QED) is 0.364. The number of hydrogen-bond donors (Lipinski definition) is 3. The van der Waals surface area contributed by atoms with Crippen LogP contribution in [0.4, 0.5) is 9.59 Å². The highest BCUT2D eigenvalue weighted by Crippen LogP contribution is 2.46. The highest BCUT2D eigenvalue weighted by molar-refractivity contribution is 5.85. The zero-order chi connectivity index (χ0) is 26.0. The Morgan fingerprint density at radius 2 is 1.76 bits per heavy atom. The number of allylic oxidation sites excluding steroid dienone is 3. The fourth-order valence-electron chi connectivity index (χ4n) is 4.77. The number of carboxylic acids is 1. The molecule has 0 saturated heterocycles. The van der Waals surface area contributed by atoms with Crippen LogP contribution >= 0.6 is 0 Å². The zero-order valence-electron chi connectivity index (χ0n) is 20.7. The Balaban J connectivity index is 1.17. The summed E-state index contributed by atoms with van der Waals surface area (Å²) >= 11 is 0. The lowest BCUT2D eigenvalue weighted by Gasteiger charge is -2.19. The van der Waals surface area contributed by atoms with Crippen LogP contribution in [0.1, 0.15) is 54.7 Å². The van der Waals surface area contributed by atoms with Crippen molar-refractivity contribution in [1.82, 2.24) is 10.6 Å². The molecule has 2 aromatic rings. The third-order valence-electron chi connectivity index (χ3n) is 6.63. The van der Waals surface area contributed by atoms with Gasteiger partial charge in [-0.3, -0.25) is 0 Å². The summed E-state index contributed by atoms with van der Waals surface area (Å²) in [7, 11) is 0. The predicted molar refractivity (Wildman–Crippen MR) is 139 cm³/mol. The van der Waals surface area contributed by atoms with Crippen molar-refractivity contribution in [2.45, 2.75) is 50.7 Å². The molecule has 0 aromatic heterocycles. The first kappa shape index (κ1) is 26.0. The van der Waals surface area contributed by atoms with Crippen molar-refractivity contribution in [1.29, 1.82) is 0 Å². The maximum Gasteiger partial charge on any atom is 0.407 e. The van der Waals surface area contributed by atoms with Crippen molar-refractivity contribution >= 4 is 23.7 Å². The molecular formula is C29H32N2O6. The normalized spacial score (nSPS) is 16.4. The molecule has 2 aliphatic carbocycles. The van der Waals surface area contributed by atoms with E-state index in [1.165, 1.54) is 16.7 Å². The number of rotatable bonds is 11. The van der Waals surface area contributed by atoms with Gasteiger partial charge in [-0.2, -0.15) is 0 Å². The number of carbonyl (C=O) groups excluding carboxylic acids is 2. The summed E-state index contributed by atoms with van der Waals surface area (Å²) in [4.78, 5) is 35.9. The largest absolute Gasteiger partial charge is 0.480 e. The Morgan fingerprint density at radius 1 is 0.973 bits per heavy atom. The molecule has 0 spiro atoms. The fraction of sp³-hybridized carbons (Fsp3) is 0.345. The van der Waals surface area contributed by atoms with Crippen molar-refractivity contribution in [3.8, 4) is 0 Å². The minimum absolute atomic E-state index is 0.0158. The number of fused-ring (bicyclic) bond motifs is 2. The van der Waals surface area contributed by atoms with E-state index >= 15 is 0 Å². The lowest BCUT2D eigenvalue weighted by molar-refractivity contribution is -0.139. The number of carbonyl (C=O) groups is 3. The molecule has 0 bridgehead atoms. The van der Waals surface area contributed by atoms with Gasteiger partial charge in [-0.15, -0.1) is 0 Å². The van der Waals surface area contributed by atoms with Gasteiger partial charge in [-0.05, 0) is 54.4 Å². The van der Waals surface area contributed by atoms with E-state index in [-0.39, 0.29) is 25.6 Å². The van der Waals surface area contributed by atoms with Crippen molar-refractivity contribution in [3.63, 3.8) is 0 Å². The highest BCUT2D eigenvalue weighted by atomic mass is 16.6. The second kappa shape index (κ2) is 12.8. The van der Waals surface area contributed by atoms with Crippen LogP contribution in [0.2, 0.25) is 0 Å². The number of benzene rings is 2. The summed E-state index contributed by atoms with van der Waals surface area (Å²) in [6.45, 7) is 0.690. The summed E-state index contributed by atoms with van der Waals surface area (Å²) < 4.78 is 10.6. The van der Waals surface area contributed by atoms with E-state index in [2.05, 4.69) is 34.9 Å². The molecular weight excluding hydrogens is 472 g/mol. The summed E-state index contributed by atoms with van der Waals surface area (Å²) in [5, 5.41) is 14.7. The van der Waals surface area contributed by atoms with Crippen LogP contribution in [-0.2, 0) is 20.9 Å². The van der Waals surface area contributed by atoms with Crippen molar-refractivity contribution in [2.75, 3.05) is 13.2 Å². The number of alkyl carbamates (subject to hydrolysis) is 2. The smallest absolute Gasteiger partial charge is 0.407 e. The topological polar surface area (TPSA) is 114 Å². The number of unbranched alkanes of at least 4 members (excludes halogenated alkanes) is 1. The van der Waals surface area contributed by atoms with E-state index in [1.807, 2.05) is 42.5 Å². The van der Waals surface area contributed by atoms with Crippen LogP contribution in [0.5, 0.6) is 0 Å². The Labute approximate surface area is 216 Å². The van der Waals surface area contributed by atoms with Crippen LogP contribution in [0, 0.1) is 0 Å². The first-order chi connectivity index (χ1) is 18.0. The van der Waals surface area contributed by atoms with Crippen molar-refractivity contribution in [3.05, 3.63) is 89.0 Å². The van der Waals surface area contributed by atoms with Gasteiger partial charge in [-0.1, -0.05) is 72.3 Å². The molecule has 0 aliphatic heterocycles. The van der Waals surface area contributed by atoms with Crippen LogP contribution < -0.4 is 10.6 Å². The van der Waals surface area contributed by atoms with E-state index in [9.17, 15) is 19.5 Å². The maximum absolute atomic E-state index is 12.5. The Hall–Kier alpha value is -4.07. The van der Waals surface area contributed by atoms with E-state index in [0.29, 0.717) is 19.4 Å². The summed E-state index contributed by atoms with van der Waals surface area (Å²) in [6.07, 6.45) is 6.16. The molecule has 37 heavy (non-hydrogen) atoms. The predicted octanol–water partition coefficient (Wildman–Crippen LogP) is 5.16. The molecule has 194 valence electrons. The maximum atomic E-state index is 12.5. The number of nitrogens with one attached hydrogen (secondary N) is 2. The second-order valence-electron chi connectivity index (χ2n) is 9.14. The van der Waals surface area contributed by atoms with E-state index < -0.39 is 24.2 Å². The average molecular weight is 505 g/mol. The molecule has 0 heterocycles. The third-order valence-corrected chi connectivity index (χ3v) is 6.63. The molecule has 0 radical (unpaired) electrons. The Kier molecular flexibility index (Phi) is 8.97. The third kappa shape index (κ3) is 7.00. The van der Waals surface area contributed by atoms with Crippen LogP contribution in [0.25, 0.3) is 5.57 Å². The average Bonchev–Trinajstić information content (AvgIpc) is 3.24. The van der Waals surface area contributed by atoms with Gasteiger partial charge in [0, 0.05) is 12.5 Å². The van der Waals surface area contributed by atoms with Gasteiger partial charge in [0.1, 0.15) is 19.3 Å². The molecule has 8 nitrogen and oxygen atoms in total. The SMILES string of the molecule is O=C(NCCCC[C@H](NC(=O)OCC1C2=C(C=CCC2)c2ccccc21)C(=O)O)OCc1ccccc1. The fourth-order valence-corrected chi connectivity index (χ4v) is 4.77. The van der Waals surface area contributed by atoms with Gasteiger partial charge in [0.05, 0.1) is 0 Å². The van der Waals surface area contributed by atoms with E-state index in [1.54, 1.807) is 0 Å². The van der Waals surface area contributed by atoms with Gasteiger partial charge in [0.2, 0.25) is 0 Å². The molecule has 2 atom stereocenters. The molecule has 8 heteroatoms. The summed E-state index contributed by atoms with van der Waals surface area (Å²) in [5.74, 6) is -1.14. The summed E-state index contributed by atoms with van der Waals surface area (Å²) in [5.41, 5.74) is 5.67. The molecule has 0 saturated carbocycles. The first-order valence-electron chi connectivity index (χ1n) is 12.6. The van der Waals surface area contributed by atoms with Gasteiger partial charge < -0.3 is 25.2 Å². The van der Waals surface area contributed by atoms with Gasteiger partial charge >= 0.3 is 18.2 Å². The Bertz CT molecular complexity index is 1170. The lowest BCUT2D eigenvalue weighted by atomic mass is 9.91. The number of hydrogen-bond acceptors (Lipinski definition) is 5. The van der Waals surface area contributed by atoms with Gasteiger partial charge in [0.25, 0.3) is 0 Å². The molecule has 0 fully saturated rings. The van der Waals surface area contributed by atoms with Crippen LogP contribution in [-0.4, -0.2) is 42.5 Å². The number of carboxylic acid groups (broad SMARTS) is 1. The standard InChI is InChI=1S/C29H32N2O6/c32-27(33)26(16-8-9-17-30-28(34)36-18-20-10-2-1-3-11-20)31-29(35)37-19-25-23-14-6-4-12-21(23)22-13-5-7-15-24(22)25/h1-6,10-14,25-26H,7-9,15-19H2,(H,30,34)(H,31,35)(H,32,33)/t25?,26-/m0/s1. The lowest BCUT2D eigenvalue weighted by Crippen LogP contribution is -2.41. The molecule has 1 unspecified atom stereocenters.